The molecule has 0 bridgehead atoms. The number of piperazine rings is 1. The van der Waals surface area contributed by atoms with E-state index in [4.69, 9.17) is 0 Å². The van der Waals surface area contributed by atoms with Gasteiger partial charge in [0.25, 0.3) is 0 Å². The molecule has 8 heteroatoms. The minimum atomic E-state index is -0.233. The predicted octanol–water partition coefficient (Wildman–Crippen LogP) is 1.43. The summed E-state index contributed by atoms with van der Waals surface area (Å²) in [5, 5.41) is 0. The van der Waals surface area contributed by atoms with E-state index in [1.54, 1.807) is 21.4 Å². The zero-order chi connectivity index (χ0) is 22.1. The van der Waals surface area contributed by atoms with E-state index in [-0.39, 0.29) is 18.1 Å². The molecule has 0 N–H and O–H groups in total. The predicted molar refractivity (Wildman–Crippen MR) is 124 cm³/mol. The molecule has 168 valence electrons. The highest BCUT2D eigenvalue weighted by Crippen LogP contribution is 2.19. The molecule has 4 heterocycles. The highest BCUT2D eigenvalue weighted by molar-refractivity contribution is 5.80. The van der Waals surface area contributed by atoms with Gasteiger partial charge in [-0.1, -0.05) is 18.2 Å². The van der Waals surface area contributed by atoms with Gasteiger partial charge in [-0.2, -0.15) is 0 Å². The molecule has 0 spiro atoms. The molecule has 0 radical (unpaired) electrons. The third-order valence-electron chi connectivity index (χ3n) is 6.87. The molecule has 0 atom stereocenters. The van der Waals surface area contributed by atoms with Crippen molar-refractivity contribution in [2.75, 3.05) is 46.3 Å². The molecular weight excluding hydrogens is 404 g/mol. The maximum atomic E-state index is 13.3. The summed E-state index contributed by atoms with van der Waals surface area (Å²) in [6.45, 7) is 5.57. The first kappa shape index (κ1) is 20.9. The van der Waals surface area contributed by atoms with Gasteiger partial charge in [-0.3, -0.25) is 14.3 Å². The molecule has 1 aromatic carbocycles. The van der Waals surface area contributed by atoms with Crippen LogP contribution in [-0.4, -0.2) is 87.1 Å². The summed E-state index contributed by atoms with van der Waals surface area (Å²) in [4.78, 5) is 37.7. The fourth-order valence-electron chi connectivity index (χ4n) is 4.98. The van der Waals surface area contributed by atoms with Crippen LogP contribution in [0.25, 0.3) is 16.9 Å². The Balaban J connectivity index is 1.32. The van der Waals surface area contributed by atoms with Crippen molar-refractivity contribution in [1.82, 2.24) is 28.8 Å². The van der Waals surface area contributed by atoms with Gasteiger partial charge in [0.1, 0.15) is 6.54 Å². The highest BCUT2D eigenvalue weighted by Gasteiger charge is 2.28. The summed E-state index contributed by atoms with van der Waals surface area (Å²) in [5.74, 6) is -0.00825. The van der Waals surface area contributed by atoms with Gasteiger partial charge in [-0.05, 0) is 57.2 Å². The number of hydrogen-bond donors (Lipinski definition) is 0. The molecule has 1 amide bonds. The number of aromatic nitrogens is 3. The fraction of sp³-hybridized carbons (Fsp3) is 0.458. The van der Waals surface area contributed by atoms with Crippen LogP contribution in [0.15, 0.2) is 53.5 Å². The molecule has 0 saturated carbocycles. The molecular formula is C24H30N6O2. The van der Waals surface area contributed by atoms with Crippen LogP contribution in [-0.2, 0) is 11.3 Å². The smallest absolute Gasteiger partial charge is 0.335 e. The minimum absolute atomic E-state index is 0.00825. The van der Waals surface area contributed by atoms with Crippen LogP contribution < -0.4 is 5.69 Å². The number of imidazole rings is 1. The van der Waals surface area contributed by atoms with E-state index in [0.29, 0.717) is 17.2 Å². The van der Waals surface area contributed by atoms with Gasteiger partial charge in [0.05, 0.1) is 11.2 Å². The van der Waals surface area contributed by atoms with Crippen LogP contribution in [0, 0.1) is 0 Å². The van der Waals surface area contributed by atoms with Crippen LogP contribution in [0.5, 0.6) is 0 Å². The highest BCUT2D eigenvalue weighted by atomic mass is 16.2. The third kappa shape index (κ3) is 3.96. The summed E-state index contributed by atoms with van der Waals surface area (Å²) >= 11 is 0. The molecule has 0 aliphatic carbocycles. The van der Waals surface area contributed by atoms with Gasteiger partial charge in [-0.15, -0.1) is 0 Å². The van der Waals surface area contributed by atoms with Crippen LogP contribution in [0.3, 0.4) is 0 Å². The van der Waals surface area contributed by atoms with Crippen molar-refractivity contribution in [3.63, 3.8) is 0 Å². The van der Waals surface area contributed by atoms with E-state index < -0.39 is 0 Å². The Kier molecular flexibility index (Phi) is 5.80. The number of nitrogens with zero attached hydrogens (tertiary/aromatic N) is 6. The number of piperidine rings is 1. The summed E-state index contributed by atoms with van der Waals surface area (Å²) in [6, 6.07) is 13.7. The van der Waals surface area contributed by atoms with Crippen molar-refractivity contribution in [3.05, 3.63) is 59.1 Å². The van der Waals surface area contributed by atoms with E-state index in [0.717, 1.165) is 45.0 Å². The number of likely N-dealkylation sites (tertiary alicyclic amines) is 1. The topological polar surface area (TPSA) is 66.6 Å². The number of rotatable bonds is 4. The normalized spacial score (nSPS) is 19.0. The van der Waals surface area contributed by atoms with Crippen molar-refractivity contribution in [3.8, 4) is 5.69 Å². The number of hydrogen-bond acceptors (Lipinski definition) is 5. The largest absolute Gasteiger partial charge is 0.339 e. The standard InChI is InChI=1S/C24H30N6O2/c1-26-12-9-19(10-13-26)27-14-16-28(17-15-27)22(31)18-29-21-8-5-11-25-23(21)30(24(29)32)20-6-3-2-4-7-20/h2-8,11,19H,9-10,12-18H2,1H3. The number of fused-ring (bicyclic) bond motifs is 1. The van der Waals surface area contributed by atoms with Crippen molar-refractivity contribution >= 4 is 17.1 Å². The van der Waals surface area contributed by atoms with E-state index in [9.17, 15) is 9.59 Å². The SMILES string of the molecule is CN1CCC(N2CCN(C(=O)Cn3c(=O)n(-c4ccccc4)c4ncccc43)CC2)CC1. The average molecular weight is 435 g/mol. The lowest BCUT2D eigenvalue weighted by atomic mass is 10.0. The second kappa shape index (κ2) is 8.88. The molecule has 8 nitrogen and oxygen atoms in total. The van der Waals surface area contributed by atoms with Gasteiger partial charge in [0, 0.05) is 38.4 Å². The van der Waals surface area contributed by atoms with Gasteiger partial charge in [-0.25, -0.2) is 14.3 Å². The fourth-order valence-corrected chi connectivity index (χ4v) is 4.98. The maximum Gasteiger partial charge on any atom is 0.335 e. The van der Waals surface area contributed by atoms with Crippen molar-refractivity contribution in [2.24, 2.45) is 0 Å². The zero-order valence-electron chi connectivity index (χ0n) is 18.6. The van der Waals surface area contributed by atoms with Crippen LogP contribution in [0.2, 0.25) is 0 Å². The van der Waals surface area contributed by atoms with Crippen molar-refractivity contribution < 1.29 is 4.79 Å². The Morgan fingerprint density at radius 2 is 1.69 bits per heavy atom. The van der Waals surface area contributed by atoms with Gasteiger partial charge >= 0.3 is 5.69 Å². The van der Waals surface area contributed by atoms with E-state index >= 15 is 0 Å². The summed E-state index contributed by atoms with van der Waals surface area (Å²) in [7, 11) is 2.18. The quantitative estimate of drug-likeness (QED) is 0.622. The number of para-hydroxylation sites is 1. The van der Waals surface area contributed by atoms with Crippen molar-refractivity contribution in [1.29, 1.82) is 0 Å². The molecule has 3 aromatic rings. The Bertz CT molecular complexity index is 1140. The average Bonchev–Trinajstić information content (AvgIpc) is 3.11. The van der Waals surface area contributed by atoms with Gasteiger partial charge < -0.3 is 9.80 Å². The zero-order valence-corrected chi connectivity index (χ0v) is 18.6. The van der Waals surface area contributed by atoms with Crippen molar-refractivity contribution in [2.45, 2.75) is 25.4 Å². The Morgan fingerprint density at radius 3 is 2.41 bits per heavy atom. The molecule has 2 aromatic heterocycles. The molecule has 2 aliphatic rings. The second-order valence-corrected chi connectivity index (χ2v) is 8.84. The molecule has 2 aliphatic heterocycles. The van der Waals surface area contributed by atoms with Gasteiger partial charge in [0.15, 0.2) is 5.65 Å². The van der Waals surface area contributed by atoms with Crippen LogP contribution >= 0.6 is 0 Å². The molecule has 2 fully saturated rings. The summed E-state index contributed by atoms with van der Waals surface area (Å²) in [5.41, 5.74) is 1.77. The van der Waals surface area contributed by atoms with Crippen LogP contribution in [0.1, 0.15) is 12.8 Å². The summed E-state index contributed by atoms with van der Waals surface area (Å²) in [6.07, 6.45) is 4.08. The van der Waals surface area contributed by atoms with E-state index in [1.807, 2.05) is 41.3 Å². The monoisotopic (exact) mass is 434 g/mol. The molecule has 5 rings (SSSR count). The Hall–Kier alpha value is -2.97. The lowest BCUT2D eigenvalue weighted by Crippen LogP contribution is -2.54. The lowest BCUT2D eigenvalue weighted by Gasteiger charge is -2.42. The number of carbonyl (C=O) groups is 1. The number of amides is 1. The first-order chi connectivity index (χ1) is 15.6. The first-order valence-electron chi connectivity index (χ1n) is 11.4. The van der Waals surface area contributed by atoms with Gasteiger partial charge in [0.2, 0.25) is 5.91 Å². The Labute approximate surface area is 187 Å². The summed E-state index contributed by atoms with van der Waals surface area (Å²) < 4.78 is 3.14. The number of pyridine rings is 1. The number of benzene rings is 1. The first-order valence-corrected chi connectivity index (χ1v) is 11.4. The Morgan fingerprint density at radius 1 is 0.969 bits per heavy atom. The maximum absolute atomic E-state index is 13.3. The van der Waals surface area contributed by atoms with E-state index in [1.165, 1.54) is 12.8 Å². The molecule has 0 unspecified atom stereocenters. The second-order valence-electron chi connectivity index (χ2n) is 8.84. The lowest BCUT2D eigenvalue weighted by molar-refractivity contribution is -0.134. The number of carbonyl (C=O) groups excluding carboxylic acids is 1. The van der Waals surface area contributed by atoms with E-state index in [2.05, 4.69) is 21.8 Å². The molecule has 2 saturated heterocycles. The minimum Gasteiger partial charge on any atom is -0.339 e. The van der Waals surface area contributed by atoms with Crippen LogP contribution in [0.4, 0.5) is 0 Å². The molecule has 32 heavy (non-hydrogen) atoms. The third-order valence-corrected chi connectivity index (χ3v) is 6.87.